The number of hydrogen-bond donors (Lipinski definition) is 2. The van der Waals surface area contributed by atoms with Gasteiger partial charge in [0.05, 0.1) is 5.56 Å². The second-order valence-corrected chi connectivity index (χ2v) is 7.13. The van der Waals surface area contributed by atoms with E-state index in [1.807, 2.05) is 36.4 Å². The average Bonchev–Trinajstić information content (AvgIpc) is 2.74. The van der Waals surface area contributed by atoms with Gasteiger partial charge in [-0.05, 0) is 59.9 Å². The number of anilines is 1. The number of carbonyl (C=O) groups is 1. The molecule has 1 atom stereocenters. The third-order valence-electron chi connectivity index (χ3n) is 4.84. The Hall–Kier alpha value is -3.34. The lowest BCUT2D eigenvalue weighted by Crippen LogP contribution is -2.24. The highest BCUT2D eigenvalue weighted by Crippen LogP contribution is 2.27. The first-order valence-electron chi connectivity index (χ1n) is 9.92. The average molecular weight is 389 g/mol. The van der Waals surface area contributed by atoms with Crippen molar-refractivity contribution in [3.8, 4) is 11.5 Å². The van der Waals surface area contributed by atoms with Crippen LogP contribution < -0.4 is 15.8 Å². The normalized spacial score (nSPS) is 11.7. The van der Waals surface area contributed by atoms with Crippen LogP contribution in [0.25, 0.3) is 0 Å². The molecule has 150 valence electrons. The number of ether oxygens (including phenoxy) is 1. The van der Waals surface area contributed by atoms with Gasteiger partial charge >= 0.3 is 0 Å². The van der Waals surface area contributed by atoms with Crippen molar-refractivity contribution in [2.75, 3.05) is 5.73 Å². The summed E-state index contributed by atoms with van der Waals surface area (Å²) < 4.78 is 6.00. The summed E-state index contributed by atoms with van der Waals surface area (Å²) in [7, 11) is 0. The molecular formula is C24H27N3O2. The number of nitrogens with zero attached hydrogens (tertiary/aromatic N) is 1. The maximum Gasteiger partial charge on any atom is 0.255 e. The number of nitrogens with two attached hydrogens (primary N) is 1. The number of amides is 1. The zero-order valence-electron chi connectivity index (χ0n) is 16.9. The van der Waals surface area contributed by atoms with Crippen molar-refractivity contribution in [3.05, 3.63) is 83.6 Å². The highest BCUT2D eigenvalue weighted by atomic mass is 16.5. The molecule has 1 unspecified atom stereocenters. The quantitative estimate of drug-likeness (QED) is 0.549. The number of carbonyl (C=O) groups excluding carboxylic acids is 1. The Morgan fingerprint density at radius 1 is 1.10 bits per heavy atom. The zero-order valence-corrected chi connectivity index (χ0v) is 16.9. The Morgan fingerprint density at radius 2 is 1.90 bits per heavy atom. The van der Waals surface area contributed by atoms with Crippen LogP contribution >= 0.6 is 0 Å². The van der Waals surface area contributed by atoms with E-state index < -0.39 is 0 Å². The van der Waals surface area contributed by atoms with Gasteiger partial charge in [-0.25, -0.2) is 4.98 Å². The first kappa shape index (κ1) is 20.4. The first-order chi connectivity index (χ1) is 14.1. The van der Waals surface area contributed by atoms with E-state index in [9.17, 15) is 4.79 Å². The van der Waals surface area contributed by atoms with Crippen LogP contribution in [0.4, 0.5) is 5.82 Å². The molecule has 1 amide bonds. The van der Waals surface area contributed by atoms with E-state index in [2.05, 4.69) is 36.3 Å². The molecule has 0 spiro atoms. The topological polar surface area (TPSA) is 77.2 Å². The third-order valence-corrected chi connectivity index (χ3v) is 4.84. The van der Waals surface area contributed by atoms with E-state index in [1.165, 1.54) is 5.56 Å². The fourth-order valence-corrected chi connectivity index (χ4v) is 3.18. The summed E-state index contributed by atoms with van der Waals surface area (Å²) in [6.45, 7) is 4.84. The van der Waals surface area contributed by atoms with Crippen molar-refractivity contribution in [1.82, 2.24) is 10.3 Å². The molecule has 0 radical (unpaired) electrons. The van der Waals surface area contributed by atoms with Crippen LogP contribution in [0.5, 0.6) is 11.5 Å². The van der Waals surface area contributed by atoms with E-state index in [0.29, 0.717) is 18.0 Å². The van der Waals surface area contributed by atoms with Crippen molar-refractivity contribution in [2.24, 2.45) is 0 Å². The van der Waals surface area contributed by atoms with Gasteiger partial charge in [-0.3, -0.25) is 4.79 Å². The van der Waals surface area contributed by atoms with E-state index in [-0.39, 0.29) is 11.7 Å². The van der Waals surface area contributed by atoms with E-state index in [0.717, 1.165) is 29.9 Å². The zero-order chi connectivity index (χ0) is 20.6. The number of hydrogen-bond acceptors (Lipinski definition) is 4. The summed E-state index contributed by atoms with van der Waals surface area (Å²) in [6.07, 6.45) is 3.89. The lowest BCUT2D eigenvalue weighted by atomic mass is 9.96. The van der Waals surface area contributed by atoms with Crippen LogP contribution in [0.1, 0.15) is 54.1 Å². The van der Waals surface area contributed by atoms with Crippen LogP contribution in [-0.2, 0) is 6.54 Å². The molecule has 3 rings (SSSR count). The van der Waals surface area contributed by atoms with Gasteiger partial charge in [-0.2, -0.15) is 0 Å². The molecule has 2 aromatic carbocycles. The molecule has 0 saturated heterocycles. The summed E-state index contributed by atoms with van der Waals surface area (Å²) in [5.41, 5.74) is 8.38. The molecule has 5 nitrogen and oxygen atoms in total. The standard InChI is InChI=1S/C24H27N3O2/c1-3-6-17(2)19-7-4-8-21(15-19)29-20-12-10-18(11-13-20)16-27-24(28)22-9-5-14-26-23(22)25/h4-5,7-15,17H,3,6,16H2,1-2H3,(H2,25,26)(H,27,28). The van der Waals surface area contributed by atoms with Crippen molar-refractivity contribution in [1.29, 1.82) is 0 Å². The molecule has 3 aromatic rings. The van der Waals surface area contributed by atoms with Gasteiger partial charge < -0.3 is 15.8 Å². The van der Waals surface area contributed by atoms with Gasteiger partial charge in [0.1, 0.15) is 17.3 Å². The van der Waals surface area contributed by atoms with Crippen LogP contribution in [0, 0.1) is 0 Å². The number of benzene rings is 2. The Bertz CT molecular complexity index is 954. The second kappa shape index (κ2) is 9.73. The predicted octanol–water partition coefficient (Wildman–Crippen LogP) is 5.29. The van der Waals surface area contributed by atoms with Gasteiger partial charge in [0, 0.05) is 12.7 Å². The van der Waals surface area contributed by atoms with E-state index in [4.69, 9.17) is 10.5 Å². The van der Waals surface area contributed by atoms with Gasteiger partial charge in [0.2, 0.25) is 0 Å². The lowest BCUT2D eigenvalue weighted by molar-refractivity contribution is 0.0951. The number of nitrogens with one attached hydrogen (secondary N) is 1. The van der Waals surface area contributed by atoms with Crippen molar-refractivity contribution >= 4 is 11.7 Å². The highest BCUT2D eigenvalue weighted by molar-refractivity contribution is 5.98. The Kier molecular flexibility index (Phi) is 6.85. The molecule has 1 heterocycles. The lowest BCUT2D eigenvalue weighted by Gasteiger charge is -2.13. The Balaban J connectivity index is 1.59. The molecule has 0 saturated carbocycles. The molecule has 0 aliphatic rings. The maximum absolute atomic E-state index is 12.2. The second-order valence-electron chi connectivity index (χ2n) is 7.13. The molecule has 0 bridgehead atoms. The molecule has 0 aliphatic heterocycles. The molecular weight excluding hydrogens is 362 g/mol. The van der Waals surface area contributed by atoms with Crippen LogP contribution in [0.2, 0.25) is 0 Å². The van der Waals surface area contributed by atoms with Gasteiger partial charge in [-0.1, -0.05) is 44.5 Å². The fourth-order valence-electron chi connectivity index (χ4n) is 3.18. The van der Waals surface area contributed by atoms with Gasteiger partial charge in [0.25, 0.3) is 5.91 Å². The molecule has 5 heteroatoms. The summed E-state index contributed by atoms with van der Waals surface area (Å²) in [5.74, 6) is 2.09. The maximum atomic E-state index is 12.2. The van der Waals surface area contributed by atoms with E-state index >= 15 is 0 Å². The van der Waals surface area contributed by atoms with Gasteiger partial charge in [0.15, 0.2) is 0 Å². The summed E-state index contributed by atoms with van der Waals surface area (Å²) in [4.78, 5) is 16.2. The molecule has 3 N–H and O–H groups in total. The van der Waals surface area contributed by atoms with Crippen molar-refractivity contribution < 1.29 is 9.53 Å². The SMILES string of the molecule is CCCC(C)c1cccc(Oc2ccc(CNC(=O)c3cccnc3N)cc2)c1. The molecule has 0 aliphatic carbocycles. The summed E-state index contributed by atoms with van der Waals surface area (Å²) in [6, 6.07) is 19.3. The minimum atomic E-state index is -0.242. The largest absolute Gasteiger partial charge is 0.457 e. The molecule has 29 heavy (non-hydrogen) atoms. The number of aromatic nitrogens is 1. The summed E-state index contributed by atoms with van der Waals surface area (Å²) >= 11 is 0. The Morgan fingerprint density at radius 3 is 2.62 bits per heavy atom. The number of rotatable bonds is 8. The minimum Gasteiger partial charge on any atom is -0.457 e. The van der Waals surface area contributed by atoms with E-state index in [1.54, 1.807) is 18.3 Å². The number of nitrogen functional groups attached to an aromatic ring is 1. The van der Waals surface area contributed by atoms with Crippen LogP contribution in [0.15, 0.2) is 66.9 Å². The first-order valence-corrected chi connectivity index (χ1v) is 9.92. The smallest absolute Gasteiger partial charge is 0.255 e. The molecule has 0 fully saturated rings. The van der Waals surface area contributed by atoms with Crippen molar-refractivity contribution in [3.63, 3.8) is 0 Å². The summed E-state index contributed by atoms with van der Waals surface area (Å²) in [5, 5.41) is 2.86. The monoisotopic (exact) mass is 389 g/mol. The van der Waals surface area contributed by atoms with Crippen molar-refractivity contribution in [2.45, 2.75) is 39.2 Å². The van der Waals surface area contributed by atoms with Gasteiger partial charge in [-0.15, -0.1) is 0 Å². The fraction of sp³-hybridized carbons (Fsp3) is 0.250. The highest BCUT2D eigenvalue weighted by Gasteiger charge is 2.10. The Labute approximate surface area is 171 Å². The van der Waals surface area contributed by atoms with Crippen LogP contribution in [-0.4, -0.2) is 10.9 Å². The predicted molar refractivity (Wildman–Crippen MR) is 116 cm³/mol. The molecule has 1 aromatic heterocycles. The minimum absolute atomic E-state index is 0.226. The number of pyridine rings is 1. The van der Waals surface area contributed by atoms with Crippen LogP contribution in [0.3, 0.4) is 0 Å². The third kappa shape index (κ3) is 5.57.